The largest absolute Gasteiger partial charge is 0.546 e. The van der Waals surface area contributed by atoms with Gasteiger partial charge in [0, 0.05) is 0 Å². The third-order valence-electron chi connectivity index (χ3n) is 3.62. The number of nitrogens with zero attached hydrogens (tertiary/aromatic N) is 1. The molecule has 0 spiro atoms. The van der Waals surface area contributed by atoms with Crippen molar-refractivity contribution in [3.63, 3.8) is 0 Å². The van der Waals surface area contributed by atoms with Gasteiger partial charge in [-0.05, 0) is 42.8 Å². The van der Waals surface area contributed by atoms with Gasteiger partial charge in [0.2, 0.25) is 0 Å². The molecule has 5 nitrogen and oxygen atoms in total. The first-order chi connectivity index (χ1) is 12.4. The van der Waals surface area contributed by atoms with Crippen LogP contribution in [0.5, 0.6) is 5.75 Å². The average molecular weight is 384 g/mol. The van der Waals surface area contributed by atoms with E-state index in [4.69, 9.17) is 17.0 Å². The zero-order valence-electron chi connectivity index (χ0n) is 13.8. The van der Waals surface area contributed by atoms with Crippen LogP contribution in [-0.4, -0.2) is 22.8 Å². The quantitative estimate of drug-likeness (QED) is 0.583. The van der Waals surface area contributed by atoms with Gasteiger partial charge >= 0.3 is 0 Å². The molecule has 1 saturated heterocycles. The molecule has 0 N–H and O–H groups in total. The summed E-state index contributed by atoms with van der Waals surface area (Å²) in [5.41, 5.74) is 2.64. The molecule has 0 atom stereocenters. The number of amides is 1. The molecule has 7 heteroatoms. The Kier molecular flexibility index (Phi) is 5.39. The van der Waals surface area contributed by atoms with Crippen LogP contribution in [0, 0.1) is 6.92 Å². The van der Waals surface area contributed by atoms with E-state index < -0.39 is 12.6 Å². The van der Waals surface area contributed by atoms with Crippen molar-refractivity contribution in [3.8, 4) is 5.75 Å². The minimum atomic E-state index is -1.28. The van der Waals surface area contributed by atoms with Gasteiger partial charge in [-0.3, -0.25) is 9.69 Å². The zero-order chi connectivity index (χ0) is 18.7. The first-order valence-electron chi connectivity index (χ1n) is 7.71. The maximum atomic E-state index is 12.7. The molecule has 1 amide bonds. The number of rotatable bonds is 5. The van der Waals surface area contributed by atoms with Crippen molar-refractivity contribution in [2.75, 3.05) is 11.5 Å². The number of hydrogen-bond donors (Lipinski definition) is 0. The third kappa shape index (κ3) is 4.12. The predicted octanol–water partition coefficient (Wildman–Crippen LogP) is 2.53. The highest BCUT2D eigenvalue weighted by Gasteiger charge is 2.33. The standard InChI is InChI=1S/C19H15NO4S2/c1-12-2-6-14(7-3-12)20-18(23)16(26-19(20)25)10-13-4-8-15(9-5-13)24-11-17(21)22/h2-10H,11H2,1H3,(H,21,22)/p-1/b16-10+. The van der Waals surface area contributed by atoms with Crippen LogP contribution in [0.3, 0.4) is 0 Å². The lowest BCUT2D eigenvalue weighted by Gasteiger charge is -2.14. The van der Waals surface area contributed by atoms with Gasteiger partial charge in [0.1, 0.15) is 12.4 Å². The fraction of sp³-hybridized carbons (Fsp3) is 0.105. The summed E-state index contributed by atoms with van der Waals surface area (Å²) in [6.07, 6.45) is 1.75. The molecule has 1 fully saturated rings. The van der Waals surface area contributed by atoms with E-state index in [1.165, 1.54) is 16.7 Å². The Hall–Kier alpha value is -2.64. The molecule has 132 valence electrons. The number of carbonyl (C=O) groups excluding carboxylic acids is 2. The van der Waals surface area contributed by atoms with Crippen LogP contribution < -0.4 is 14.7 Å². The zero-order valence-corrected chi connectivity index (χ0v) is 15.4. The lowest BCUT2D eigenvalue weighted by Crippen LogP contribution is -2.28. The van der Waals surface area contributed by atoms with E-state index in [-0.39, 0.29) is 5.91 Å². The van der Waals surface area contributed by atoms with Crippen molar-refractivity contribution in [2.45, 2.75) is 6.92 Å². The normalized spacial score (nSPS) is 15.6. The summed E-state index contributed by atoms with van der Waals surface area (Å²) >= 11 is 6.60. The number of carbonyl (C=O) groups is 2. The molecule has 0 unspecified atom stereocenters. The minimum Gasteiger partial charge on any atom is -0.546 e. The van der Waals surface area contributed by atoms with Crippen LogP contribution in [0.15, 0.2) is 53.4 Å². The number of hydrogen-bond acceptors (Lipinski definition) is 6. The molecule has 2 aromatic carbocycles. The smallest absolute Gasteiger partial charge is 0.270 e. The molecular formula is C19H14NO4S2-. The highest BCUT2D eigenvalue weighted by molar-refractivity contribution is 8.27. The van der Waals surface area contributed by atoms with Crippen molar-refractivity contribution >= 4 is 51.9 Å². The Morgan fingerprint density at radius 1 is 1.19 bits per heavy atom. The molecule has 1 heterocycles. The van der Waals surface area contributed by atoms with Crippen LogP contribution in [-0.2, 0) is 9.59 Å². The maximum absolute atomic E-state index is 12.7. The van der Waals surface area contributed by atoms with Gasteiger partial charge in [-0.25, -0.2) is 0 Å². The van der Waals surface area contributed by atoms with E-state index >= 15 is 0 Å². The number of benzene rings is 2. The van der Waals surface area contributed by atoms with Gasteiger partial charge in [-0.2, -0.15) is 0 Å². The second-order valence-electron chi connectivity index (χ2n) is 5.58. The number of thioether (sulfide) groups is 1. The third-order valence-corrected chi connectivity index (χ3v) is 4.92. The lowest BCUT2D eigenvalue weighted by atomic mass is 10.2. The summed E-state index contributed by atoms with van der Waals surface area (Å²) in [5, 5.41) is 10.4. The second-order valence-corrected chi connectivity index (χ2v) is 7.26. The van der Waals surface area contributed by atoms with Crippen molar-refractivity contribution in [1.29, 1.82) is 0 Å². The van der Waals surface area contributed by atoms with E-state index in [2.05, 4.69) is 0 Å². The highest BCUT2D eigenvalue weighted by atomic mass is 32.2. The molecule has 0 radical (unpaired) electrons. The van der Waals surface area contributed by atoms with E-state index in [1.54, 1.807) is 30.3 Å². The van der Waals surface area contributed by atoms with Gasteiger partial charge in [0.15, 0.2) is 4.32 Å². The van der Waals surface area contributed by atoms with E-state index in [0.29, 0.717) is 15.0 Å². The molecule has 2 aromatic rings. The maximum Gasteiger partial charge on any atom is 0.270 e. The fourth-order valence-corrected chi connectivity index (χ4v) is 3.64. The minimum absolute atomic E-state index is 0.166. The van der Waals surface area contributed by atoms with Gasteiger partial charge < -0.3 is 14.6 Å². The average Bonchev–Trinajstić information content (AvgIpc) is 2.89. The number of carboxylic acids is 1. The van der Waals surface area contributed by atoms with Crippen LogP contribution >= 0.6 is 24.0 Å². The molecule has 1 aliphatic heterocycles. The van der Waals surface area contributed by atoms with E-state index in [9.17, 15) is 14.7 Å². The highest BCUT2D eigenvalue weighted by Crippen LogP contribution is 2.36. The second kappa shape index (κ2) is 7.72. The molecule has 3 rings (SSSR count). The Labute approximate surface area is 160 Å². The molecule has 0 bridgehead atoms. The van der Waals surface area contributed by atoms with Gasteiger partial charge in [0.25, 0.3) is 5.91 Å². The van der Waals surface area contributed by atoms with Crippen molar-refractivity contribution in [2.24, 2.45) is 0 Å². The Bertz CT molecular complexity index is 889. The van der Waals surface area contributed by atoms with Crippen molar-refractivity contribution < 1.29 is 19.4 Å². The molecule has 26 heavy (non-hydrogen) atoms. The monoisotopic (exact) mass is 384 g/mol. The fourth-order valence-electron chi connectivity index (χ4n) is 2.34. The number of ether oxygens (including phenoxy) is 1. The summed E-state index contributed by atoms with van der Waals surface area (Å²) in [4.78, 5) is 25.1. The van der Waals surface area contributed by atoms with Crippen molar-refractivity contribution in [3.05, 3.63) is 64.6 Å². The Balaban J connectivity index is 1.77. The summed E-state index contributed by atoms with van der Waals surface area (Å²) in [6, 6.07) is 14.3. The van der Waals surface area contributed by atoms with Gasteiger partial charge in [0.05, 0.1) is 16.6 Å². The topological polar surface area (TPSA) is 69.7 Å². The summed E-state index contributed by atoms with van der Waals surface area (Å²) in [5.74, 6) is -1.03. The van der Waals surface area contributed by atoms with E-state index in [1.807, 2.05) is 31.2 Å². The first-order valence-corrected chi connectivity index (χ1v) is 8.94. The first kappa shape index (κ1) is 18.2. The summed E-state index contributed by atoms with van der Waals surface area (Å²) < 4.78 is 5.52. The SMILES string of the molecule is Cc1ccc(N2C(=O)/C(=C\c3ccc(OCC(=O)[O-])cc3)SC2=S)cc1. The van der Waals surface area contributed by atoms with Crippen LogP contribution in [0.1, 0.15) is 11.1 Å². The molecular weight excluding hydrogens is 370 g/mol. The van der Waals surface area contributed by atoms with Crippen LogP contribution in [0.2, 0.25) is 0 Å². The Morgan fingerprint density at radius 3 is 2.46 bits per heavy atom. The molecule has 0 saturated carbocycles. The molecule has 0 aromatic heterocycles. The van der Waals surface area contributed by atoms with Crippen LogP contribution in [0.25, 0.3) is 6.08 Å². The summed E-state index contributed by atoms with van der Waals surface area (Å²) in [7, 11) is 0. The van der Waals surface area contributed by atoms with Crippen molar-refractivity contribution in [1.82, 2.24) is 0 Å². The Morgan fingerprint density at radius 2 is 1.85 bits per heavy atom. The van der Waals surface area contributed by atoms with Gasteiger partial charge in [-0.1, -0.05) is 53.8 Å². The number of anilines is 1. The molecule has 0 aliphatic carbocycles. The number of aliphatic carboxylic acids is 1. The van der Waals surface area contributed by atoms with Crippen LogP contribution in [0.4, 0.5) is 5.69 Å². The number of aryl methyl sites for hydroxylation is 1. The number of thiocarbonyl (C=S) groups is 1. The summed E-state index contributed by atoms with van der Waals surface area (Å²) in [6.45, 7) is 1.48. The van der Waals surface area contributed by atoms with E-state index in [0.717, 1.165) is 16.8 Å². The number of carboxylic acid groups (broad SMARTS) is 1. The predicted molar refractivity (Wildman–Crippen MR) is 104 cm³/mol. The molecule has 1 aliphatic rings. The lowest BCUT2D eigenvalue weighted by molar-refractivity contribution is -0.307. The van der Waals surface area contributed by atoms with Gasteiger partial charge in [-0.15, -0.1) is 0 Å².